The third kappa shape index (κ3) is 4.77. The molecule has 0 radical (unpaired) electrons. The first-order valence-corrected chi connectivity index (χ1v) is 9.37. The zero-order valence-electron chi connectivity index (χ0n) is 16.7. The fourth-order valence-electron chi connectivity index (χ4n) is 3.30. The van der Waals surface area contributed by atoms with E-state index < -0.39 is 23.5 Å². The maximum absolute atomic E-state index is 12.8. The molecule has 0 saturated heterocycles. The normalized spacial score (nSPS) is 14.4. The predicted molar refractivity (Wildman–Crippen MR) is 105 cm³/mol. The van der Waals surface area contributed by atoms with Gasteiger partial charge in [0.25, 0.3) is 5.91 Å². The van der Waals surface area contributed by atoms with Crippen molar-refractivity contribution in [2.24, 2.45) is 5.73 Å². The molecule has 1 aromatic heterocycles. The largest absolute Gasteiger partial charge is 0.460 e. The monoisotopic (exact) mass is 396 g/mol. The third-order valence-electron chi connectivity index (χ3n) is 4.54. The Morgan fingerprint density at radius 3 is 2.66 bits per heavy atom. The molecule has 0 bridgehead atoms. The van der Waals surface area contributed by atoms with Gasteiger partial charge in [0.1, 0.15) is 11.6 Å². The van der Waals surface area contributed by atoms with Gasteiger partial charge in [0.15, 0.2) is 0 Å². The Morgan fingerprint density at radius 2 is 2.03 bits per heavy atom. The molecule has 0 aliphatic carbocycles. The molecule has 1 unspecified atom stereocenters. The number of rotatable bonds is 6. The molecule has 1 aliphatic rings. The molecule has 0 spiro atoms. The lowest BCUT2D eigenvalue weighted by atomic mass is 10.0. The van der Waals surface area contributed by atoms with Gasteiger partial charge >= 0.3 is 5.97 Å². The van der Waals surface area contributed by atoms with E-state index >= 15 is 0 Å². The maximum atomic E-state index is 12.8. The van der Waals surface area contributed by atoms with Gasteiger partial charge in [0.05, 0.1) is 11.9 Å². The summed E-state index contributed by atoms with van der Waals surface area (Å²) in [7, 11) is 0. The highest BCUT2D eigenvalue weighted by Crippen LogP contribution is 2.29. The number of carbonyl (C=O) groups excluding carboxylic acids is 3. The zero-order chi connectivity index (χ0) is 21.2. The summed E-state index contributed by atoms with van der Waals surface area (Å²) < 4.78 is 5.28. The molecule has 2 amide bonds. The number of hydrogen-bond acceptors (Lipinski definition) is 6. The molecule has 29 heavy (non-hydrogen) atoms. The van der Waals surface area contributed by atoms with Crippen LogP contribution in [0.1, 0.15) is 49.5 Å². The van der Waals surface area contributed by atoms with Crippen molar-refractivity contribution >= 4 is 17.8 Å². The van der Waals surface area contributed by atoms with Gasteiger partial charge in [-0.3, -0.25) is 24.4 Å². The van der Waals surface area contributed by atoms with E-state index in [1.54, 1.807) is 51.5 Å². The summed E-state index contributed by atoms with van der Waals surface area (Å²) in [6.07, 6.45) is 4.93. The van der Waals surface area contributed by atoms with E-state index in [2.05, 4.69) is 9.97 Å². The first kappa shape index (κ1) is 20.4. The van der Waals surface area contributed by atoms with E-state index in [-0.39, 0.29) is 25.3 Å². The minimum Gasteiger partial charge on any atom is -0.460 e. The number of nitrogens with two attached hydrogens (primary N) is 1. The number of carbonyl (C=O) groups is 3. The Bertz CT molecular complexity index is 937. The van der Waals surface area contributed by atoms with Crippen molar-refractivity contribution in [3.63, 3.8) is 0 Å². The first-order chi connectivity index (χ1) is 13.7. The van der Waals surface area contributed by atoms with Crippen LogP contribution in [-0.4, -0.2) is 44.3 Å². The fraction of sp³-hybridized carbons (Fsp3) is 0.381. The van der Waals surface area contributed by atoms with Crippen LogP contribution < -0.4 is 5.73 Å². The Balaban J connectivity index is 1.76. The van der Waals surface area contributed by atoms with Crippen molar-refractivity contribution in [2.75, 3.05) is 0 Å². The fourth-order valence-corrected chi connectivity index (χ4v) is 3.30. The van der Waals surface area contributed by atoms with Crippen LogP contribution in [0.3, 0.4) is 0 Å². The standard InChI is InChI=1S/C21H24N4O4/c1-21(2,3)29-18(26)7-6-17(19(22)27)25-12-14-10-13(4-5-15(14)20(25)28)16-11-23-8-9-24-16/h4-5,8-11,17H,6-7,12H2,1-3H3,(H2,22,27). The van der Waals surface area contributed by atoms with E-state index in [0.29, 0.717) is 11.3 Å². The smallest absolute Gasteiger partial charge is 0.306 e. The Kier molecular flexibility index (Phi) is 5.63. The quantitative estimate of drug-likeness (QED) is 0.748. The van der Waals surface area contributed by atoms with Crippen molar-refractivity contribution in [3.05, 3.63) is 47.9 Å². The summed E-state index contributed by atoms with van der Waals surface area (Å²) in [5.41, 5.74) is 7.75. The van der Waals surface area contributed by atoms with Gasteiger partial charge in [-0.1, -0.05) is 6.07 Å². The topological polar surface area (TPSA) is 115 Å². The van der Waals surface area contributed by atoms with Crippen molar-refractivity contribution in [2.45, 2.75) is 51.8 Å². The third-order valence-corrected chi connectivity index (χ3v) is 4.54. The molecule has 1 aromatic carbocycles. The SMILES string of the molecule is CC(C)(C)OC(=O)CCC(C(N)=O)N1Cc2cc(-c3cnccn3)ccc2C1=O. The van der Waals surface area contributed by atoms with Crippen molar-refractivity contribution < 1.29 is 19.1 Å². The maximum Gasteiger partial charge on any atom is 0.306 e. The molecule has 1 aliphatic heterocycles. The number of ether oxygens (including phenoxy) is 1. The van der Waals surface area contributed by atoms with Crippen LogP contribution >= 0.6 is 0 Å². The molecule has 0 saturated carbocycles. The van der Waals surface area contributed by atoms with Gasteiger partial charge in [-0.15, -0.1) is 0 Å². The lowest BCUT2D eigenvalue weighted by Gasteiger charge is -2.25. The van der Waals surface area contributed by atoms with Crippen molar-refractivity contribution in [1.29, 1.82) is 0 Å². The second-order valence-corrected chi connectivity index (χ2v) is 7.94. The van der Waals surface area contributed by atoms with Crippen molar-refractivity contribution in [3.8, 4) is 11.3 Å². The Hall–Kier alpha value is -3.29. The van der Waals surface area contributed by atoms with E-state index in [9.17, 15) is 14.4 Å². The molecule has 0 fully saturated rings. The first-order valence-electron chi connectivity index (χ1n) is 9.37. The predicted octanol–water partition coefficient (Wildman–Crippen LogP) is 2.08. The number of fused-ring (bicyclic) bond motifs is 1. The minimum absolute atomic E-state index is 0.00411. The van der Waals surface area contributed by atoms with Crippen molar-refractivity contribution in [1.82, 2.24) is 14.9 Å². The number of amides is 2. The summed E-state index contributed by atoms with van der Waals surface area (Å²) in [4.78, 5) is 46.6. The molecule has 3 rings (SSSR count). The molecule has 2 heterocycles. The molecule has 8 heteroatoms. The van der Waals surface area contributed by atoms with Crippen LogP contribution in [0.4, 0.5) is 0 Å². The van der Waals surface area contributed by atoms with Gasteiger partial charge in [0.2, 0.25) is 5.91 Å². The molecule has 2 aromatic rings. The molecule has 152 valence electrons. The lowest BCUT2D eigenvalue weighted by Crippen LogP contribution is -2.45. The van der Waals surface area contributed by atoms with Crippen LogP contribution in [0.5, 0.6) is 0 Å². The molecule has 1 atom stereocenters. The van der Waals surface area contributed by atoms with Gasteiger partial charge < -0.3 is 15.4 Å². The van der Waals surface area contributed by atoms with Crippen LogP contribution in [0.25, 0.3) is 11.3 Å². The number of nitrogens with zero attached hydrogens (tertiary/aromatic N) is 3. The molecule has 2 N–H and O–H groups in total. The highest BCUT2D eigenvalue weighted by atomic mass is 16.6. The second-order valence-electron chi connectivity index (χ2n) is 7.94. The number of aromatic nitrogens is 2. The van der Waals surface area contributed by atoms with E-state index in [1.807, 2.05) is 6.07 Å². The highest BCUT2D eigenvalue weighted by molar-refractivity contribution is 6.01. The highest BCUT2D eigenvalue weighted by Gasteiger charge is 2.36. The van der Waals surface area contributed by atoms with E-state index in [0.717, 1.165) is 11.1 Å². The van der Waals surface area contributed by atoms with E-state index in [4.69, 9.17) is 10.5 Å². The molecular weight excluding hydrogens is 372 g/mol. The Morgan fingerprint density at radius 1 is 1.28 bits per heavy atom. The van der Waals surface area contributed by atoms with Gasteiger partial charge in [-0.2, -0.15) is 0 Å². The number of primary amides is 1. The summed E-state index contributed by atoms with van der Waals surface area (Å²) in [6.45, 7) is 5.55. The summed E-state index contributed by atoms with van der Waals surface area (Å²) >= 11 is 0. The molecule has 8 nitrogen and oxygen atoms in total. The van der Waals surface area contributed by atoms with Crippen LogP contribution in [0.15, 0.2) is 36.8 Å². The van der Waals surface area contributed by atoms with Gasteiger partial charge in [-0.05, 0) is 44.9 Å². The number of benzene rings is 1. The summed E-state index contributed by atoms with van der Waals surface area (Å²) in [5.74, 6) is -1.36. The number of hydrogen-bond donors (Lipinski definition) is 1. The van der Waals surface area contributed by atoms with Gasteiger partial charge in [0, 0.05) is 36.5 Å². The summed E-state index contributed by atoms with van der Waals surface area (Å²) in [5, 5.41) is 0. The average Bonchev–Trinajstić information content (AvgIpc) is 2.97. The average molecular weight is 396 g/mol. The zero-order valence-corrected chi connectivity index (χ0v) is 16.7. The van der Waals surface area contributed by atoms with Crippen LogP contribution in [0.2, 0.25) is 0 Å². The Labute approximate surface area is 169 Å². The number of esters is 1. The minimum atomic E-state index is -0.887. The van der Waals surface area contributed by atoms with E-state index in [1.165, 1.54) is 4.90 Å². The van der Waals surface area contributed by atoms with Crippen LogP contribution in [0, 0.1) is 0 Å². The van der Waals surface area contributed by atoms with Crippen LogP contribution in [-0.2, 0) is 20.9 Å². The lowest BCUT2D eigenvalue weighted by molar-refractivity contribution is -0.155. The van der Waals surface area contributed by atoms with Gasteiger partial charge in [-0.25, -0.2) is 0 Å². The second kappa shape index (κ2) is 7.98. The summed E-state index contributed by atoms with van der Waals surface area (Å²) in [6, 6.07) is 4.49. The molecular formula is C21H24N4O4.